The molecule has 8 rings (SSSR count). The number of halogens is 6. The van der Waals surface area contributed by atoms with Crippen molar-refractivity contribution in [3.8, 4) is 11.6 Å². The molecule has 23 heteroatoms. The van der Waals surface area contributed by atoms with Crippen molar-refractivity contribution in [1.29, 1.82) is 0 Å². The first kappa shape index (κ1) is 50.9. The number of amides is 2. The maximum absolute atomic E-state index is 13.0. The van der Waals surface area contributed by atoms with Crippen molar-refractivity contribution in [3.05, 3.63) is 167 Å². The van der Waals surface area contributed by atoms with Crippen LogP contribution in [0.15, 0.2) is 132 Å². The van der Waals surface area contributed by atoms with Crippen LogP contribution in [0.4, 0.5) is 60.7 Å². The molecule has 4 heterocycles. The number of hydrogen-bond donors (Lipinski definition) is 4. The number of alkyl halides is 6. The highest BCUT2D eigenvalue weighted by Crippen LogP contribution is 2.33. The molecule has 0 aliphatic carbocycles. The second-order valence-corrected chi connectivity index (χ2v) is 17.8. The fourth-order valence-corrected chi connectivity index (χ4v) is 7.55. The van der Waals surface area contributed by atoms with E-state index >= 15 is 0 Å². The monoisotopic (exact) mass is 1010 g/mol. The van der Waals surface area contributed by atoms with E-state index in [0.717, 1.165) is 46.1 Å². The van der Waals surface area contributed by atoms with Crippen molar-refractivity contribution in [1.82, 2.24) is 39.5 Å². The Labute approximate surface area is 409 Å². The van der Waals surface area contributed by atoms with Crippen LogP contribution < -0.4 is 21.3 Å². The van der Waals surface area contributed by atoms with Gasteiger partial charge in [0.15, 0.2) is 11.6 Å². The number of carbonyl (C=O) groups is 2. The van der Waals surface area contributed by atoms with Gasteiger partial charge in [-0.15, -0.1) is 11.8 Å². The lowest BCUT2D eigenvalue weighted by molar-refractivity contribution is -0.138. The summed E-state index contributed by atoms with van der Waals surface area (Å²) in [5.41, 5.74) is 3.35. The van der Waals surface area contributed by atoms with Gasteiger partial charge in [0.05, 0.1) is 33.3 Å². The van der Waals surface area contributed by atoms with Crippen LogP contribution in [0, 0.1) is 27.7 Å². The van der Waals surface area contributed by atoms with E-state index in [1.807, 2.05) is 39.2 Å². The largest absolute Gasteiger partial charge is 0.416 e. The first-order chi connectivity index (χ1) is 33.6. The van der Waals surface area contributed by atoms with Gasteiger partial charge in [-0.1, -0.05) is 24.3 Å². The Kier molecular flexibility index (Phi) is 15.3. The van der Waals surface area contributed by atoms with Crippen molar-refractivity contribution in [3.63, 3.8) is 0 Å². The number of rotatable bonds is 12. The summed E-state index contributed by atoms with van der Waals surface area (Å²) in [5, 5.41) is 22.0. The Morgan fingerprint density at radius 3 is 1.46 bits per heavy atom. The fourth-order valence-electron chi connectivity index (χ4n) is 6.71. The van der Waals surface area contributed by atoms with Gasteiger partial charge in [-0.25, -0.2) is 19.9 Å². The van der Waals surface area contributed by atoms with E-state index in [4.69, 9.17) is 0 Å². The molecular weight excluding hydrogens is 971 g/mol. The normalized spacial score (nSPS) is 11.8. The van der Waals surface area contributed by atoms with Crippen molar-refractivity contribution in [2.24, 2.45) is 0 Å². The third-order valence-corrected chi connectivity index (χ3v) is 11.7. The first-order valence-corrected chi connectivity index (χ1v) is 23.8. The van der Waals surface area contributed by atoms with Gasteiger partial charge in [-0.05, 0) is 106 Å². The Bertz CT molecular complexity index is 3290. The molecule has 71 heavy (non-hydrogen) atoms. The van der Waals surface area contributed by atoms with E-state index in [1.54, 1.807) is 64.8 Å². The highest BCUT2D eigenvalue weighted by Gasteiger charge is 2.32. The zero-order valence-corrected chi connectivity index (χ0v) is 40.1. The van der Waals surface area contributed by atoms with Gasteiger partial charge in [0.25, 0.3) is 11.8 Å². The van der Waals surface area contributed by atoms with Gasteiger partial charge in [0.2, 0.25) is 0 Å². The van der Waals surface area contributed by atoms with Crippen LogP contribution in [0.2, 0.25) is 0 Å². The quantitative estimate of drug-likeness (QED) is 0.0516. The molecule has 4 aromatic carbocycles. The molecular formula is C48H42F6N12O3S2. The summed E-state index contributed by atoms with van der Waals surface area (Å²) in [7, 11) is -1.30. The zero-order chi connectivity index (χ0) is 51.2. The third-order valence-electron chi connectivity index (χ3n) is 10.3. The molecule has 15 nitrogen and oxygen atoms in total. The standard InChI is InChI=1S/C24H21F3N6O2S.C24H21F3N6OS/c1-14-7-8-18(30-23(34)16-5-4-6-17(10-16)24(25,26)27)11-19(14)31-21-9-15(2)32-33(21)20-12-22(36(3)35)29-13-28-20;1-14-7-8-18(30-23(34)16-5-4-6-17(10-16)24(25,26)27)11-19(14)31-21-9-15(2)32-33(21)20-12-22(35-3)29-13-28-20/h4-13,31H,1-3H3,(H,30,34);4-13,31H,1-3H3,(H,30,34). The summed E-state index contributed by atoms with van der Waals surface area (Å²) >= 11 is 1.49. The summed E-state index contributed by atoms with van der Waals surface area (Å²) < 4.78 is 93.1. The highest BCUT2D eigenvalue weighted by atomic mass is 32.2. The molecule has 0 bridgehead atoms. The maximum atomic E-state index is 13.0. The molecule has 1 atom stereocenters. The predicted molar refractivity (Wildman–Crippen MR) is 260 cm³/mol. The number of aryl methyl sites for hydroxylation is 4. The number of nitrogens with one attached hydrogen (secondary N) is 4. The molecule has 2 amide bonds. The Balaban J connectivity index is 0.000000209. The maximum Gasteiger partial charge on any atom is 0.416 e. The molecule has 0 aliphatic rings. The average molecular weight is 1010 g/mol. The van der Waals surface area contributed by atoms with Crippen LogP contribution in [0.1, 0.15) is 54.4 Å². The van der Waals surface area contributed by atoms with Gasteiger partial charge in [-0.3, -0.25) is 13.8 Å². The Morgan fingerprint density at radius 1 is 0.577 bits per heavy atom. The van der Waals surface area contributed by atoms with Gasteiger partial charge >= 0.3 is 12.4 Å². The molecule has 0 spiro atoms. The number of aromatic nitrogens is 8. The van der Waals surface area contributed by atoms with E-state index in [0.29, 0.717) is 56.7 Å². The summed E-state index contributed by atoms with van der Waals surface area (Å²) in [6, 6.07) is 25.8. The van der Waals surface area contributed by atoms with E-state index in [2.05, 4.69) is 51.4 Å². The molecule has 4 aromatic heterocycles. The summed E-state index contributed by atoms with van der Waals surface area (Å²) in [6.45, 7) is 7.42. The van der Waals surface area contributed by atoms with Crippen molar-refractivity contribution in [2.45, 2.75) is 50.1 Å². The Hall–Kier alpha value is -7.92. The van der Waals surface area contributed by atoms with Gasteiger partial charge in [0, 0.05) is 64.4 Å². The molecule has 0 radical (unpaired) electrons. The third kappa shape index (κ3) is 12.8. The molecule has 0 fully saturated rings. The minimum Gasteiger partial charge on any atom is -0.340 e. The van der Waals surface area contributed by atoms with Crippen LogP contribution in [-0.2, 0) is 23.2 Å². The summed E-state index contributed by atoms with van der Waals surface area (Å²) in [6.07, 6.45) is -2.86. The second-order valence-electron chi connectivity index (χ2n) is 15.6. The van der Waals surface area contributed by atoms with Crippen LogP contribution in [0.5, 0.6) is 0 Å². The van der Waals surface area contributed by atoms with Crippen molar-refractivity contribution < 1.29 is 40.1 Å². The topological polar surface area (TPSA) is 187 Å². The van der Waals surface area contributed by atoms with Crippen LogP contribution >= 0.6 is 11.8 Å². The van der Waals surface area contributed by atoms with E-state index in [1.165, 1.54) is 54.9 Å². The van der Waals surface area contributed by atoms with Gasteiger partial charge in [-0.2, -0.15) is 45.9 Å². The molecule has 8 aromatic rings. The lowest BCUT2D eigenvalue weighted by atomic mass is 10.1. The second kappa shape index (κ2) is 21.4. The lowest BCUT2D eigenvalue weighted by Crippen LogP contribution is -2.14. The van der Waals surface area contributed by atoms with E-state index < -0.39 is 46.1 Å². The number of carbonyl (C=O) groups excluding carboxylic acids is 2. The number of hydrogen-bond acceptors (Lipinski definition) is 12. The van der Waals surface area contributed by atoms with Crippen LogP contribution in [0.25, 0.3) is 11.6 Å². The number of nitrogens with zero attached hydrogens (tertiary/aromatic N) is 8. The minimum atomic E-state index is -4.55. The number of benzene rings is 4. The zero-order valence-electron chi connectivity index (χ0n) is 38.4. The van der Waals surface area contributed by atoms with Gasteiger partial charge in [0.1, 0.15) is 34.3 Å². The molecule has 0 aliphatic heterocycles. The Morgan fingerprint density at radius 2 is 1.03 bits per heavy atom. The van der Waals surface area contributed by atoms with Gasteiger partial charge < -0.3 is 21.3 Å². The molecule has 0 saturated heterocycles. The smallest absolute Gasteiger partial charge is 0.340 e. The molecule has 1 unspecified atom stereocenters. The summed E-state index contributed by atoms with van der Waals surface area (Å²) in [4.78, 5) is 42.0. The van der Waals surface area contributed by atoms with Crippen molar-refractivity contribution in [2.75, 3.05) is 33.8 Å². The minimum absolute atomic E-state index is 0.0861. The SMILES string of the molecule is CSc1cc(-n2nc(C)cc2Nc2cc(NC(=O)c3cccc(C(F)(F)F)c3)ccc2C)ncn1.Cc1cc(Nc2cc(NC(=O)c3cccc(C(F)(F)F)c3)ccc2C)n(-c2cc(S(C)=O)ncn2)n1. The average Bonchev–Trinajstić information content (AvgIpc) is 3.91. The fraction of sp³-hybridized carbons (Fsp3) is 0.167. The highest BCUT2D eigenvalue weighted by molar-refractivity contribution is 7.98. The van der Waals surface area contributed by atoms with E-state index in [-0.39, 0.29) is 11.1 Å². The van der Waals surface area contributed by atoms with Crippen molar-refractivity contribution >= 4 is 68.8 Å². The number of anilines is 6. The first-order valence-electron chi connectivity index (χ1n) is 21.0. The lowest BCUT2D eigenvalue weighted by Gasteiger charge is -2.14. The molecule has 366 valence electrons. The van der Waals surface area contributed by atoms with E-state index in [9.17, 15) is 40.1 Å². The van der Waals surface area contributed by atoms with Crippen LogP contribution in [0.3, 0.4) is 0 Å². The number of thioether (sulfide) groups is 1. The van der Waals surface area contributed by atoms with Crippen LogP contribution in [-0.4, -0.2) is 68.0 Å². The molecule has 4 N–H and O–H groups in total. The summed E-state index contributed by atoms with van der Waals surface area (Å²) in [5.74, 6) is 0.903. The molecule has 0 saturated carbocycles. The predicted octanol–water partition coefficient (Wildman–Crippen LogP) is 11.0.